The molecular formula is C15H14Cl2N2O4S. The number of sulfonamides is 1. The van der Waals surface area contributed by atoms with E-state index in [2.05, 4.69) is 9.71 Å². The minimum absolute atomic E-state index is 0.0116. The van der Waals surface area contributed by atoms with Gasteiger partial charge in [0.15, 0.2) is 0 Å². The number of hydrogen-bond donors (Lipinski definition) is 2. The lowest BCUT2D eigenvalue weighted by Gasteiger charge is -2.09. The number of carboxylic acid groups (broad SMARTS) is 1. The first-order valence-corrected chi connectivity index (χ1v) is 9.16. The van der Waals surface area contributed by atoms with Crippen molar-refractivity contribution in [1.29, 1.82) is 0 Å². The Balaban J connectivity index is 2.06. The summed E-state index contributed by atoms with van der Waals surface area (Å²) in [5, 5.41) is 9.00. The first kappa shape index (κ1) is 18.5. The predicted octanol–water partition coefficient (Wildman–Crippen LogP) is 3.60. The molecule has 128 valence electrons. The van der Waals surface area contributed by atoms with Gasteiger partial charge in [-0.05, 0) is 43.2 Å². The SMILES string of the molecule is O=C(O)CCCc1ccc(NS(=O)(=O)c2ccc(Cl)c(Cl)c2)cn1. The fraction of sp³-hybridized carbons (Fsp3) is 0.200. The van der Waals surface area contributed by atoms with Crippen LogP contribution in [0.4, 0.5) is 5.69 Å². The van der Waals surface area contributed by atoms with Crippen molar-refractivity contribution in [2.45, 2.75) is 24.2 Å². The smallest absolute Gasteiger partial charge is 0.303 e. The summed E-state index contributed by atoms with van der Waals surface area (Å²) in [6, 6.07) is 7.24. The molecule has 0 fully saturated rings. The lowest BCUT2D eigenvalue weighted by molar-refractivity contribution is -0.137. The molecule has 0 amide bonds. The average Bonchev–Trinajstić information content (AvgIpc) is 2.51. The first-order chi connectivity index (χ1) is 11.3. The Hall–Kier alpha value is -1.83. The normalized spacial score (nSPS) is 11.2. The van der Waals surface area contributed by atoms with Crippen molar-refractivity contribution in [3.63, 3.8) is 0 Å². The third-order valence-electron chi connectivity index (χ3n) is 3.10. The Morgan fingerprint density at radius 3 is 2.50 bits per heavy atom. The van der Waals surface area contributed by atoms with Crippen molar-refractivity contribution in [1.82, 2.24) is 4.98 Å². The average molecular weight is 389 g/mol. The molecule has 0 saturated heterocycles. The Bertz CT molecular complexity index is 839. The van der Waals surface area contributed by atoms with Crippen molar-refractivity contribution in [2.24, 2.45) is 0 Å². The van der Waals surface area contributed by atoms with E-state index >= 15 is 0 Å². The van der Waals surface area contributed by atoms with Crippen LogP contribution in [0.5, 0.6) is 0 Å². The molecule has 0 aliphatic heterocycles. The van der Waals surface area contributed by atoms with Crippen LogP contribution in [0.3, 0.4) is 0 Å². The lowest BCUT2D eigenvalue weighted by Crippen LogP contribution is -2.13. The van der Waals surface area contributed by atoms with Crippen LogP contribution in [0.1, 0.15) is 18.5 Å². The second-order valence-corrected chi connectivity index (χ2v) is 7.46. The number of aromatic nitrogens is 1. The maximum absolute atomic E-state index is 12.3. The Labute approximate surface area is 149 Å². The molecule has 1 heterocycles. The molecular weight excluding hydrogens is 375 g/mol. The minimum Gasteiger partial charge on any atom is -0.481 e. The lowest BCUT2D eigenvalue weighted by atomic mass is 10.2. The van der Waals surface area contributed by atoms with E-state index in [0.717, 1.165) is 0 Å². The number of benzene rings is 1. The van der Waals surface area contributed by atoms with Gasteiger partial charge in [0.25, 0.3) is 10.0 Å². The van der Waals surface area contributed by atoms with E-state index in [4.69, 9.17) is 28.3 Å². The summed E-state index contributed by atoms with van der Waals surface area (Å²) in [5.74, 6) is -0.860. The van der Waals surface area contributed by atoms with Crippen LogP contribution in [0, 0.1) is 0 Å². The number of anilines is 1. The summed E-state index contributed by atoms with van der Waals surface area (Å²) in [4.78, 5) is 14.6. The van der Waals surface area contributed by atoms with Crippen molar-refractivity contribution < 1.29 is 18.3 Å². The fourth-order valence-corrected chi connectivity index (χ4v) is 3.34. The van der Waals surface area contributed by atoms with Crippen LogP contribution in [0.2, 0.25) is 10.0 Å². The van der Waals surface area contributed by atoms with Crippen LogP contribution in [-0.2, 0) is 21.2 Å². The minimum atomic E-state index is -3.80. The van der Waals surface area contributed by atoms with E-state index in [1.165, 1.54) is 24.4 Å². The zero-order chi connectivity index (χ0) is 17.7. The molecule has 2 aromatic rings. The van der Waals surface area contributed by atoms with Crippen molar-refractivity contribution in [2.75, 3.05) is 4.72 Å². The van der Waals surface area contributed by atoms with Gasteiger partial charge in [0, 0.05) is 12.1 Å². The van der Waals surface area contributed by atoms with Gasteiger partial charge in [0.05, 0.1) is 26.8 Å². The molecule has 0 radical (unpaired) electrons. The van der Waals surface area contributed by atoms with E-state index in [9.17, 15) is 13.2 Å². The summed E-state index contributed by atoms with van der Waals surface area (Å²) in [6.07, 6.45) is 2.42. The zero-order valence-electron chi connectivity index (χ0n) is 12.4. The van der Waals surface area contributed by atoms with Gasteiger partial charge in [0.2, 0.25) is 0 Å². The number of nitrogens with one attached hydrogen (secondary N) is 1. The number of hydrogen-bond acceptors (Lipinski definition) is 4. The van der Waals surface area contributed by atoms with E-state index in [0.29, 0.717) is 24.2 Å². The Morgan fingerprint density at radius 1 is 1.17 bits per heavy atom. The van der Waals surface area contributed by atoms with Crippen LogP contribution in [0.15, 0.2) is 41.4 Å². The molecule has 24 heavy (non-hydrogen) atoms. The van der Waals surface area contributed by atoms with Crippen LogP contribution in [-0.4, -0.2) is 24.5 Å². The molecule has 0 atom stereocenters. The standard InChI is InChI=1S/C15H14Cl2N2O4S/c16-13-7-6-12(8-14(13)17)24(22,23)19-11-5-4-10(18-9-11)2-1-3-15(20)21/h4-9,19H,1-3H2,(H,20,21). The van der Waals surface area contributed by atoms with Gasteiger partial charge in [-0.1, -0.05) is 23.2 Å². The van der Waals surface area contributed by atoms with E-state index < -0.39 is 16.0 Å². The van der Waals surface area contributed by atoms with Gasteiger partial charge < -0.3 is 5.11 Å². The highest BCUT2D eigenvalue weighted by Gasteiger charge is 2.16. The summed E-state index contributed by atoms with van der Waals surface area (Å²) in [5.41, 5.74) is 0.983. The second kappa shape index (κ2) is 7.83. The molecule has 0 bridgehead atoms. The summed E-state index contributed by atoms with van der Waals surface area (Å²) in [6.45, 7) is 0. The Kier molecular flexibility index (Phi) is 6.04. The monoisotopic (exact) mass is 388 g/mol. The number of nitrogens with zero attached hydrogens (tertiary/aromatic N) is 1. The highest BCUT2D eigenvalue weighted by atomic mass is 35.5. The quantitative estimate of drug-likeness (QED) is 0.754. The zero-order valence-corrected chi connectivity index (χ0v) is 14.7. The summed E-state index contributed by atoms with van der Waals surface area (Å²) < 4.78 is 27.0. The van der Waals surface area contributed by atoms with Crippen LogP contribution >= 0.6 is 23.2 Å². The summed E-state index contributed by atoms with van der Waals surface area (Å²) in [7, 11) is -3.80. The highest BCUT2D eigenvalue weighted by Crippen LogP contribution is 2.26. The molecule has 1 aromatic heterocycles. The third-order valence-corrected chi connectivity index (χ3v) is 5.22. The maximum Gasteiger partial charge on any atom is 0.303 e. The third kappa shape index (κ3) is 5.09. The number of carbonyl (C=O) groups is 1. The fourth-order valence-electron chi connectivity index (χ4n) is 1.91. The van der Waals surface area contributed by atoms with Crippen LogP contribution < -0.4 is 4.72 Å². The molecule has 1 aromatic carbocycles. The number of rotatable bonds is 7. The number of carboxylic acids is 1. The number of pyridine rings is 1. The van der Waals surface area contributed by atoms with E-state index in [1.54, 1.807) is 12.1 Å². The molecule has 6 nitrogen and oxygen atoms in total. The van der Waals surface area contributed by atoms with Gasteiger partial charge in [-0.2, -0.15) is 0 Å². The first-order valence-electron chi connectivity index (χ1n) is 6.92. The van der Waals surface area contributed by atoms with Crippen LogP contribution in [0.25, 0.3) is 0 Å². The second-order valence-electron chi connectivity index (χ2n) is 4.97. The van der Waals surface area contributed by atoms with E-state index in [-0.39, 0.29) is 21.4 Å². The molecule has 0 saturated carbocycles. The largest absolute Gasteiger partial charge is 0.481 e. The van der Waals surface area contributed by atoms with Gasteiger partial charge in [-0.15, -0.1) is 0 Å². The topological polar surface area (TPSA) is 96.4 Å². The molecule has 0 aliphatic rings. The molecule has 0 aliphatic carbocycles. The van der Waals surface area contributed by atoms with E-state index in [1.807, 2.05) is 0 Å². The molecule has 9 heteroatoms. The van der Waals surface area contributed by atoms with Crippen molar-refractivity contribution in [3.8, 4) is 0 Å². The molecule has 0 unspecified atom stereocenters. The van der Waals surface area contributed by atoms with Gasteiger partial charge in [-0.3, -0.25) is 14.5 Å². The Morgan fingerprint density at radius 2 is 1.92 bits per heavy atom. The van der Waals surface area contributed by atoms with Gasteiger partial charge >= 0.3 is 5.97 Å². The summed E-state index contributed by atoms with van der Waals surface area (Å²) >= 11 is 11.6. The number of aryl methyl sites for hydroxylation is 1. The van der Waals surface area contributed by atoms with Crippen molar-refractivity contribution in [3.05, 3.63) is 52.3 Å². The highest BCUT2D eigenvalue weighted by molar-refractivity contribution is 7.92. The van der Waals surface area contributed by atoms with Crippen molar-refractivity contribution >= 4 is 44.9 Å². The molecule has 2 rings (SSSR count). The number of halogens is 2. The van der Waals surface area contributed by atoms with Gasteiger partial charge in [0.1, 0.15) is 0 Å². The molecule has 2 N–H and O–H groups in total. The molecule has 0 spiro atoms. The maximum atomic E-state index is 12.3. The van der Waals surface area contributed by atoms with Gasteiger partial charge in [-0.25, -0.2) is 8.42 Å². The number of aliphatic carboxylic acids is 1. The predicted molar refractivity (Wildman–Crippen MR) is 92.1 cm³/mol.